The first kappa shape index (κ1) is 15.4. The summed E-state index contributed by atoms with van der Waals surface area (Å²) in [4.78, 5) is 11.5. The molecule has 18 heavy (non-hydrogen) atoms. The molecule has 0 spiro atoms. The van der Waals surface area contributed by atoms with E-state index >= 15 is 0 Å². The van der Waals surface area contributed by atoms with Crippen molar-refractivity contribution in [1.29, 1.82) is 0 Å². The molecule has 0 saturated carbocycles. The van der Waals surface area contributed by atoms with Crippen molar-refractivity contribution in [3.8, 4) is 0 Å². The van der Waals surface area contributed by atoms with Gasteiger partial charge in [0.05, 0.1) is 13.2 Å². The molecule has 6 nitrogen and oxygen atoms in total. The van der Waals surface area contributed by atoms with Gasteiger partial charge in [-0.3, -0.25) is 4.79 Å². The van der Waals surface area contributed by atoms with Crippen LogP contribution in [0, 0.1) is 0 Å². The molecule has 1 rings (SSSR count). The van der Waals surface area contributed by atoms with Crippen LogP contribution < -0.4 is 0 Å². The van der Waals surface area contributed by atoms with E-state index in [1.54, 1.807) is 0 Å². The minimum atomic E-state index is -1.13. The second-order valence-electron chi connectivity index (χ2n) is 4.52. The van der Waals surface area contributed by atoms with Crippen LogP contribution in [0.1, 0.15) is 32.6 Å². The van der Waals surface area contributed by atoms with Crippen molar-refractivity contribution in [2.75, 3.05) is 13.2 Å². The summed E-state index contributed by atoms with van der Waals surface area (Å²) in [5, 5.41) is 28.1. The maximum atomic E-state index is 11.5. The SMILES string of the molecule is CCCCCC(=O)O[C@H](CO)C1OC[C@H](O)[C@H]1O. The fourth-order valence-electron chi connectivity index (χ4n) is 1.91. The van der Waals surface area contributed by atoms with E-state index in [2.05, 4.69) is 0 Å². The van der Waals surface area contributed by atoms with Crippen molar-refractivity contribution in [2.45, 2.75) is 57.0 Å². The van der Waals surface area contributed by atoms with Crippen LogP contribution in [0.2, 0.25) is 0 Å². The van der Waals surface area contributed by atoms with Crippen LogP contribution >= 0.6 is 0 Å². The zero-order valence-electron chi connectivity index (χ0n) is 10.6. The Bertz CT molecular complexity index is 257. The minimum absolute atomic E-state index is 0.0181. The Morgan fingerprint density at radius 1 is 1.44 bits per heavy atom. The summed E-state index contributed by atoms with van der Waals surface area (Å²) < 4.78 is 10.2. The van der Waals surface area contributed by atoms with Crippen molar-refractivity contribution in [3.05, 3.63) is 0 Å². The normalized spacial score (nSPS) is 29.2. The fraction of sp³-hybridized carbons (Fsp3) is 0.917. The number of unbranched alkanes of at least 4 members (excludes halogenated alkanes) is 2. The van der Waals surface area contributed by atoms with E-state index in [4.69, 9.17) is 14.6 Å². The van der Waals surface area contributed by atoms with Crippen LogP contribution in [0.5, 0.6) is 0 Å². The quantitative estimate of drug-likeness (QED) is 0.426. The number of carbonyl (C=O) groups excluding carboxylic acids is 1. The van der Waals surface area contributed by atoms with Crippen LogP contribution in [0.4, 0.5) is 0 Å². The van der Waals surface area contributed by atoms with Gasteiger partial charge in [-0.1, -0.05) is 19.8 Å². The van der Waals surface area contributed by atoms with E-state index in [0.29, 0.717) is 0 Å². The number of hydrogen-bond donors (Lipinski definition) is 3. The van der Waals surface area contributed by atoms with Crippen molar-refractivity contribution in [2.24, 2.45) is 0 Å². The second kappa shape index (κ2) is 7.68. The highest BCUT2D eigenvalue weighted by Crippen LogP contribution is 2.20. The molecule has 0 aliphatic carbocycles. The van der Waals surface area contributed by atoms with E-state index in [0.717, 1.165) is 19.3 Å². The predicted molar refractivity (Wildman–Crippen MR) is 62.9 cm³/mol. The molecule has 106 valence electrons. The van der Waals surface area contributed by atoms with Gasteiger partial charge in [0.1, 0.15) is 18.3 Å². The van der Waals surface area contributed by atoms with Crippen LogP contribution in [0.3, 0.4) is 0 Å². The summed E-state index contributed by atoms with van der Waals surface area (Å²) in [7, 11) is 0. The molecule has 0 aromatic heterocycles. The summed E-state index contributed by atoms with van der Waals surface area (Å²) in [5.41, 5.74) is 0. The molecule has 0 radical (unpaired) electrons. The molecule has 1 aliphatic heterocycles. The molecular formula is C12H22O6. The Hall–Kier alpha value is -0.690. The van der Waals surface area contributed by atoms with Crippen LogP contribution in [-0.2, 0) is 14.3 Å². The summed E-state index contributed by atoms with van der Waals surface area (Å²) >= 11 is 0. The molecular weight excluding hydrogens is 240 g/mol. The third-order valence-electron chi connectivity index (χ3n) is 3.00. The molecule has 1 unspecified atom stereocenters. The van der Waals surface area contributed by atoms with E-state index in [1.165, 1.54) is 0 Å². The van der Waals surface area contributed by atoms with Gasteiger partial charge in [-0.05, 0) is 6.42 Å². The summed E-state index contributed by atoms with van der Waals surface area (Å²) in [6.45, 7) is 1.58. The summed E-state index contributed by atoms with van der Waals surface area (Å²) in [6, 6.07) is 0. The van der Waals surface area contributed by atoms with Crippen LogP contribution in [0.15, 0.2) is 0 Å². The van der Waals surface area contributed by atoms with Gasteiger partial charge in [0.2, 0.25) is 0 Å². The highest BCUT2D eigenvalue weighted by molar-refractivity contribution is 5.69. The Kier molecular flexibility index (Phi) is 6.56. The Balaban J connectivity index is 2.39. The number of aliphatic hydroxyl groups excluding tert-OH is 3. The van der Waals surface area contributed by atoms with E-state index in [1.807, 2.05) is 6.92 Å². The molecule has 1 heterocycles. The molecule has 0 aromatic rings. The molecule has 1 saturated heterocycles. The Morgan fingerprint density at radius 3 is 2.67 bits per heavy atom. The molecule has 1 aliphatic rings. The fourth-order valence-corrected chi connectivity index (χ4v) is 1.91. The number of hydrogen-bond acceptors (Lipinski definition) is 6. The van der Waals surface area contributed by atoms with E-state index in [-0.39, 0.29) is 13.0 Å². The summed E-state index contributed by atoms with van der Waals surface area (Å²) in [5.74, 6) is -0.417. The van der Waals surface area contributed by atoms with Crippen molar-refractivity contribution >= 4 is 5.97 Å². The average Bonchev–Trinajstić information content (AvgIpc) is 2.68. The number of rotatable bonds is 7. The lowest BCUT2D eigenvalue weighted by molar-refractivity contribution is -0.162. The molecule has 1 fully saturated rings. The third-order valence-corrected chi connectivity index (χ3v) is 3.00. The largest absolute Gasteiger partial charge is 0.457 e. The molecule has 0 amide bonds. The van der Waals surface area contributed by atoms with Gasteiger partial charge in [-0.15, -0.1) is 0 Å². The number of ether oxygens (including phenoxy) is 2. The third kappa shape index (κ3) is 4.20. The smallest absolute Gasteiger partial charge is 0.306 e. The maximum Gasteiger partial charge on any atom is 0.306 e. The zero-order chi connectivity index (χ0) is 13.5. The van der Waals surface area contributed by atoms with Gasteiger partial charge in [0.15, 0.2) is 6.10 Å². The van der Waals surface area contributed by atoms with Crippen molar-refractivity contribution in [1.82, 2.24) is 0 Å². The lowest BCUT2D eigenvalue weighted by Crippen LogP contribution is -2.43. The van der Waals surface area contributed by atoms with Gasteiger partial charge in [0, 0.05) is 6.42 Å². The van der Waals surface area contributed by atoms with Gasteiger partial charge < -0.3 is 24.8 Å². The molecule has 3 N–H and O–H groups in total. The lowest BCUT2D eigenvalue weighted by atomic mass is 10.1. The highest BCUT2D eigenvalue weighted by Gasteiger charge is 2.41. The highest BCUT2D eigenvalue weighted by atomic mass is 16.6. The van der Waals surface area contributed by atoms with Gasteiger partial charge in [0.25, 0.3) is 0 Å². The molecule has 4 atom stereocenters. The van der Waals surface area contributed by atoms with Crippen molar-refractivity contribution in [3.63, 3.8) is 0 Å². The monoisotopic (exact) mass is 262 g/mol. The van der Waals surface area contributed by atoms with Crippen LogP contribution in [-0.4, -0.2) is 58.9 Å². The first-order valence-electron chi connectivity index (χ1n) is 6.38. The first-order valence-corrected chi connectivity index (χ1v) is 6.38. The number of aliphatic hydroxyl groups is 3. The van der Waals surface area contributed by atoms with Crippen molar-refractivity contribution < 1.29 is 29.6 Å². The lowest BCUT2D eigenvalue weighted by Gasteiger charge is -2.23. The van der Waals surface area contributed by atoms with Gasteiger partial charge in [-0.2, -0.15) is 0 Å². The summed E-state index contributed by atoms with van der Waals surface area (Å²) in [6.07, 6.45) is -0.937. The number of esters is 1. The van der Waals surface area contributed by atoms with Gasteiger partial charge >= 0.3 is 5.97 Å². The zero-order valence-corrected chi connectivity index (χ0v) is 10.6. The van der Waals surface area contributed by atoms with E-state index < -0.39 is 37.0 Å². The Morgan fingerprint density at radius 2 is 2.17 bits per heavy atom. The van der Waals surface area contributed by atoms with Gasteiger partial charge in [-0.25, -0.2) is 0 Å². The van der Waals surface area contributed by atoms with E-state index in [9.17, 15) is 15.0 Å². The van der Waals surface area contributed by atoms with Crippen LogP contribution in [0.25, 0.3) is 0 Å². The molecule has 6 heteroatoms. The second-order valence-corrected chi connectivity index (χ2v) is 4.52. The standard InChI is InChI=1S/C12H22O6/c1-2-3-4-5-10(15)18-9(6-13)12-11(16)8(14)7-17-12/h8-9,11-14,16H,2-7H2,1H3/t8-,9+,11+,12?/m0/s1. The predicted octanol–water partition coefficient (Wildman–Crippen LogP) is -0.409. The molecule has 0 aromatic carbocycles. The average molecular weight is 262 g/mol. The Labute approximate surface area is 107 Å². The topological polar surface area (TPSA) is 96.2 Å². The minimum Gasteiger partial charge on any atom is -0.457 e. The first-order chi connectivity index (χ1) is 8.60. The molecule has 0 bridgehead atoms. The number of carbonyl (C=O) groups is 1. The maximum absolute atomic E-state index is 11.5.